The first-order valence-electron chi connectivity index (χ1n) is 9.72. The van der Waals surface area contributed by atoms with Gasteiger partial charge < -0.3 is 10.1 Å². The number of aromatic nitrogens is 2. The highest BCUT2D eigenvalue weighted by atomic mass is 35.5. The van der Waals surface area contributed by atoms with Gasteiger partial charge >= 0.3 is 6.18 Å². The highest BCUT2D eigenvalue weighted by Crippen LogP contribution is 2.40. The molecule has 1 heterocycles. The van der Waals surface area contributed by atoms with Crippen LogP contribution in [0.1, 0.15) is 30.0 Å². The highest BCUT2D eigenvalue weighted by Gasteiger charge is 2.37. The van der Waals surface area contributed by atoms with Crippen LogP contribution in [0.3, 0.4) is 0 Å². The van der Waals surface area contributed by atoms with Crippen LogP contribution in [0, 0.1) is 0 Å². The summed E-state index contributed by atoms with van der Waals surface area (Å²) in [4.78, 5) is 24.6. The largest absolute Gasteiger partial charge is 0.456 e. The van der Waals surface area contributed by atoms with Crippen LogP contribution in [0.5, 0.6) is 11.5 Å². The van der Waals surface area contributed by atoms with Crippen LogP contribution < -0.4 is 15.6 Å². The van der Waals surface area contributed by atoms with E-state index in [1.54, 1.807) is 48.5 Å². The first-order valence-corrected chi connectivity index (χ1v) is 10.1. The maximum atomic E-state index is 13.2. The number of rotatable bonds is 6. The Labute approximate surface area is 185 Å². The van der Waals surface area contributed by atoms with Crippen molar-refractivity contribution in [2.24, 2.45) is 0 Å². The predicted octanol–water partition coefficient (Wildman–Crippen LogP) is 5.22. The van der Waals surface area contributed by atoms with Crippen molar-refractivity contribution < 1.29 is 22.7 Å². The molecule has 0 aliphatic heterocycles. The summed E-state index contributed by atoms with van der Waals surface area (Å²) in [5.74, 6) is 0.144. The van der Waals surface area contributed by atoms with Crippen LogP contribution >= 0.6 is 11.6 Å². The minimum Gasteiger partial charge on any atom is -0.456 e. The molecule has 6 nitrogen and oxygen atoms in total. The Morgan fingerprint density at radius 2 is 1.84 bits per heavy atom. The fourth-order valence-corrected chi connectivity index (χ4v) is 3.22. The van der Waals surface area contributed by atoms with Gasteiger partial charge in [0.05, 0.1) is 10.7 Å². The molecule has 1 aliphatic carbocycles. The number of hydrogen-bond acceptors (Lipinski definition) is 4. The highest BCUT2D eigenvalue weighted by molar-refractivity contribution is 6.32. The normalized spacial score (nSPS) is 13.6. The van der Waals surface area contributed by atoms with Crippen molar-refractivity contribution in [1.29, 1.82) is 0 Å². The Bertz CT molecular complexity index is 1210. The maximum Gasteiger partial charge on any atom is 0.421 e. The zero-order valence-corrected chi connectivity index (χ0v) is 17.3. The average molecular weight is 464 g/mol. The van der Waals surface area contributed by atoms with E-state index in [2.05, 4.69) is 10.4 Å². The van der Waals surface area contributed by atoms with Gasteiger partial charge in [-0.3, -0.25) is 9.59 Å². The molecule has 0 unspecified atom stereocenters. The number of para-hydroxylation sites is 1. The van der Waals surface area contributed by atoms with Gasteiger partial charge in [0.15, 0.2) is 0 Å². The topological polar surface area (TPSA) is 73.2 Å². The molecule has 3 aromatic rings. The minimum atomic E-state index is -4.82. The molecule has 4 rings (SSSR count). The second-order valence-electron chi connectivity index (χ2n) is 7.32. The van der Waals surface area contributed by atoms with Crippen LogP contribution in [-0.2, 0) is 17.5 Å². The van der Waals surface area contributed by atoms with Crippen LogP contribution in [-0.4, -0.2) is 15.7 Å². The van der Waals surface area contributed by atoms with Crippen molar-refractivity contribution in [3.8, 4) is 11.5 Å². The van der Waals surface area contributed by atoms with E-state index in [1.807, 2.05) is 0 Å². The lowest BCUT2D eigenvalue weighted by atomic mass is 10.2. The number of amides is 1. The van der Waals surface area contributed by atoms with Crippen LogP contribution in [0.15, 0.2) is 59.4 Å². The van der Waals surface area contributed by atoms with Crippen molar-refractivity contribution in [1.82, 2.24) is 9.78 Å². The van der Waals surface area contributed by atoms with Gasteiger partial charge in [-0.2, -0.15) is 18.3 Å². The molecule has 1 fully saturated rings. The number of nitrogens with zero attached hydrogens (tertiary/aromatic N) is 2. The zero-order chi connectivity index (χ0) is 22.9. The van der Waals surface area contributed by atoms with Crippen LogP contribution in [0.2, 0.25) is 5.02 Å². The molecular formula is C22H17ClF3N3O3. The SMILES string of the molecule is O=C(Cn1nc(C2CC2)cc(C(F)(F)F)c1=O)Nc1ccc(Oc2ccccc2Cl)cc1. The van der Waals surface area contributed by atoms with Gasteiger partial charge in [-0.25, -0.2) is 4.68 Å². The summed E-state index contributed by atoms with van der Waals surface area (Å²) in [6, 6.07) is 14.0. The van der Waals surface area contributed by atoms with E-state index in [1.165, 1.54) is 0 Å². The number of carbonyl (C=O) groups excluding carboxylic acids is 1. The summed E-state index contributed by atoms with van der Waals surface area (Å²) < 4.78 is 45.9. The minimum absolute atomic E-state index is 0.114. The van der Waals surface area contributed by atoms with E-state index in [9.17, 15) is 22.8 Å². The summed E-state index contributed by atoms with van der Waals surface area (Å²) in [6.07, 6.45) is -3.41. The molecule has 166 valence electrons. The van der Waals surface area contributed by atoms with Crippen molar-refractivity contribution in [2.75, 3.05) is 5.32 Å². The third-order valence-corrected chi connectivity index (χ3v) is 5.10. The Balaban J connectivity index is 1.46. The van der Waals surface area contributed by atoms with E-state index < -0.39 is 29.8 Å². The number of hydrogen-bond donors (Lipinski definition) is 1. The molecule has 1 saturated carbocycles. The molecule has 1 aliphatic rings. The monoisotopic (exact) mass is 463 g/mol. The Morgan fingerprint density at radius 3 is 2.47 bits per heavy atom. The molecule has 1 aromatic heterocycles. The van der Waals surface area contributed by atoms with Crippen molar-refractivity contribution >= 4 is 23.2 Å². The van der Waals surface area contributed by atoms with E-state index in [-0.39, 0.29) is 11.6 Å². The fraction of sp³-hybridized carbons (Fsp3) is 0.227. The van der Waals surface area contributed by atoms with E-state index in [4.69, 9.17) is 16.3 Å². The molecule has 0 saturated heterocycles. The second-order valence-corrected chi connectivity index (χ2v) is 7.73. The zero-order valence-electron chi connectivity index (χ0n) is 16.5. The molecule has 1 N–H and O–H groups in total. The summed E-state index contributed by atoms with van der Waals surface area (Å²) in [7, 11) is 0. The summed E-state index contributed by atoms with van der Waals surface area (Å²) >= 11 is 6.05. The number of benzene rings is 2. The lowest BCUT2D eigenvalue weighted by Crippen LogP contribution is -2.35. The summed E-state index contributed by atoms with van der Waals surface area (Å²) in [5.41, 5.74) is -2.11. The van der Waals surface area contributed by atoms with Crippen molar-refractivity contribution in [2.45, 2.75) is 31.5 Å². The molecule has 0 atom stereocenters. The third-order valence-electron chi connectivity index (χ3n) is 4.79. The van der Waals surface area contributed by atoms with E-state index in [0.717, 1.165) is 6.07 Å². The number of carbonyl (C=O) groups is 1. The lowest BCUT2D eigenvalue weighted by molar-refractivity contribution is -0.139. The maximum absolute atomic E-state index is 13.2. The molecule has 0 radical (unpaired) electrons. The molecule has 10 heteroatoms. The molecule has 0 bridgehead atoms. The number of anilines is 1. The van der Waals surface area contributed by atoms with Gasteiger partial charge in [0.1, 0.15) is 23.6 Å². The Kier molecular flexibility index (Phi) is 5.92. The first-order chi connectivity index (χ1) is 15.2. The van der Waals surface area contributed by atoms with E-state index in [0.29, 0.717) is 39.7 Å². The quantitative estimate of drug-likeness (QED) is 0.543. The van der Waals surface area contributed by atoms with E-state index >= 15 is 0 Å². The molecular weight excluding hydrogens is 447 g/mol. The van der Waals surface area contributed by atoms with Crippen LogP contribution in [0.25, 0.3) is 0 Å². The molecule has 0 spiro atoms. The van der Waals surface area contributed by atoms with Gasteiger partial charge in [0.25, 0.3) is 5.56 Å². The number of nitrogens with one attached hydrogen (secondary N) is 1. The molecule has 2 aromatic carbocycles. The van der Waals surface area contributed by atoms with Gasteiger partial charge in [-0.05, 0) is 55.3 Å². The summed E-state index contributed by atoms with van der Waals surface area (Å²) in [6.45, 7) is -0.639. The summed E-state index contributed by atoms with van der Waals surface area (Å²) in [5, 5.41) is 6.95. The fourth-order valence-electron chi connectivity index (χ4n) is 3.05. The van der Waals surface area contributed by atoms with Gasteiger partial charge in [0.2, 0.25) is 5.91 Å². The van der Waals surface area contributed by atoms with Crippen LogP contribution in [0.4, 0.5) is 18.9 Å². The number of alkyl halides is 3. The van der Waals surface area contributed by atoms with Gasteiger partial charge in [-0.1, -0.05) is 23.7 Å². The van der Waals surface area contributed by atoms with Gasteiger partial charge in [0, 0.05) is 11.6 Å². The van der Waals surface area contributed by atoms with Crippen molar-refractivity contribution in [3.05, 3.63) is 81.2 Å². The predicted molar refractivity (Wildman–Crippen MR) is 112 cm³/mol. The number of ether oxygens (including phenoxy) is 1. The molecule has 1 amide bonds. The smallest absolute Gasteiger partial charge is 0.421 e. The molecule has 32 heavy (non-hydrogen) atoms. The Hall–Kier alpha value is -3.33. The standard InChI is InChI=1S/C22H17ClF3N3O3/c23-17-3-1-2-4-19(17)32-15-9-7-14(8-10-15)27-20(30)12-29-21(31)16(22(24,25)26)11-18(28-29)13-5-6-13/h1-4,7-11,13H,5-6,12H2,(H,27,30). The number of halogens is 4. The van der Waals surface area contributed by atoms with Crippen molar-refractivity contribution in [3.63, 3.8) is 0 Å². The van der Waals surface area contributed by atoms with Gasteiger partial charge in [-0.15, -0.1) is 0 Å². The third kappa shape index (κ3) is 5.11. The average Bonchev–Trinajstić information content (AvgIpc) is 3.57. The second kappa shape index (κ2) is 8.66. The first kappa shape index (κ1) is 21.9. The lowest BCUT2D eigenvalue weighted by Gasteiger charge is -2.13. The Morgan fingerprint density at radius 1 is 1.16 bits per heavy atom.